The van der Waals surface area contributed by atoms with Gasteiger partial charge in [-0.25, -0.2) is 0 Å². The minimum Gasteiger partial charge on any atom is -0.351 e. The topological polar surface area (TPSA) is 59.8 Å². The first-order chi connectivity index (χ1) is 12.3. The van der Waals surface area contributed by atoms with Crippen molar-refractivity contribution in [1.82, 2.24) is 20.1 Å². The Labute approximate surface area is 151 Å². The van der Waals surface area contributed by atoms with Crippen LogP contribution in [0.5, 0.6) is 0 Å². The third-order valence-corrected chi connectivity index (χ3v) is 5.09. The second kappa shape index (κ2) is 8.48. The highest BCUT2D eigenvalue weighted by Gasteiger charge is 2.21. The van der Waals surface area contributed by atoms with E-state index in [1.54, 1.807) is 6.33 Å². The lowest BCUT2D eigenvalue weighted by Crippen LogP contribution is -2.32. The third kappa shape index (κ3) is 4.48. The average Bonchev–Trinajstić information content (AvgIpc) is 3.14. The number of hydrogen-bond donors (Lipinski definition) is 1. The molecule has 3 rings (SSSR count). The summed E-state index contributed by atoms with van der Waals surface area (Å²) in [6.45, 7) is 2.53. The van der Waals surface area contributed by atoms with Crippen LogP contribution >= 0.6 is 11.8 Å². The van der Waals surface area contributed by atoms with E-state index in [0.717, 1.165) is 11.3 Å². The number of rotatable bonds is 7. The number of benzene rings is 2. The van der Waals surface area contributed by atoms with Gasteiger partial charge < -0.3 is 5.32 Å². The molecule has 1 aromatic heterocycles. The number of nitrogens with zero attached hydrogens (tertiary/aromatic N) is 3. The van der Waals surface area contributed by atoms with Crippen molar-refractivity contribution in [2.24, 2.45) is 0 Å². The maximum Gasteiger partial charge on any atom is 0.233 e. The summed E-state index contributed by atoms with van der Waals surface area (Å²) < 4.78 is 1.90. The molecule has 0 bridgehead atoms. The van der Waals surface area contributed by atoms with Gasteiger partial charge >= 0.3 is 0 Å². The maximum atomic E-state index is 12.5. The number of amides is 1. The van der Waals surface area contributed by atoms with Crippen LogP contribution in [-0.2, 0) is 11.3 Å². The summed E-state index contributed by atoms with van der Waals surface area (Å²) in [5, 5.41) is 11.7. The van der Waals surface area contributed by atoms with Gasteiger partial charge in [-0.05, 0) is 24.1 Å². The molecule has 1 N–H and O–H groups in total. The highest BCUT2D eigenvalue weighted by molar-refractivity contribution is 8.00. The van der Waals surface area contributed by atoms with Crippen molar-refractivity contribution >= 4 is 17.7 Å². The van der Waals surface area contributed by atoms with Gasteiger partial charge in [-0.2, -0.15) is 0 Å². The number of nitrogens with one attached hydrogen (secondary N) is 1. The number of carbonyl (C=O) groups is 1. The molecular formula is C19H20N4OS. The molecule has 25 heavy (non-hydrogen) atoms. The largest absolute Gasteiger partial charge is 0.351 e. The lowest BCUT2D eigenvalue weighted by atomic mass is 10.2. The van der Waals surface area contributed by atoms with E-state index in [-0.39, 0.29) is 11.2 Å². The van der Waals surface area contributed by atoms with Crippen LogP contribution in [0.4, 0.5) is 0 Å². The smallest absolute Gasteiger partial charge is 0.233 e. The Hall–Kier alpha value is -2.60. The summed E-state index contributed by atoms with van der Waals surface area (Å²) >= 11 is 1.44. The molecule has 5 nitrogen and oxygen atoms in total. The highest BCUT2D eigenvalue weighted by Crippen LogP contribution is 2.25. The minimum absolute atomic E-state index is 0.0129. The van der Waals surface area contributed by atoms with Crippen LogP contribution in [-0.4, -0.2) is 25.9 Å². The third-order valence-electron chi connectivity index (χ3n) is 3.77. The molecule has 3 aromatic rings. The van der Waals surface area contributed by atoms with E-state index >= 15 is 0 Å². The number of thioether (sulfide) groups is 1. The quantitative estimate of drug-likeness (QED) is 0.662. The molecule has 6 heteroatoms. The zero-order valence-electron chi connectivity index (χ0n) is 14.0. The molecule has 128 valence electrons. The Morgan fingerprint density at radius 3 is 2.48 bits per heavy atom. The predicted octanol–water partition coefficient (Wildman–Crippen LogP) is 3.45. The summed E-state index contributed by atoms with van der Waals surface area (Å²) in [5.41, 5.74) is 2.07. The van der Waals surface area contributed by atoms with E-state index in [9.17, 15) is 4.79 Å². The fourth-order valence-corrected chi connectivity index (χ4v) is 3.39. The molecule has 1 atom stereocenters. The molecule has 0 aliphatic heterocycles. The summed E-state index contributed by atoms with van der Waals surface area (Å²) in [5.74, 6) is 0.0129. The fourth-order valence-electron chi connectivity index (χ4n) is 2.42. The van der Waals surface area contributed by atoms with Crippen molar-refractivity contribution in [3.63, 3.8) is 0 Å². The van der Waals surface area contributed by atoms with Crippen molar-refractivity contribution in [3.8, 4) is 5.69 Å². The molecule has 0 spiro atoms. The number of para-hydroxylation sites is 1. The van der Waals surface area contributed by atoms with E-state index < -0.39 is 0 Å². The summed E-state index contributed by atoms with van der Waals surface area (Å²) in [6.07, 6.45) is 2.39. The Balaban J connectivity index is 1.66. The first kappa shape index (κ1) is 17.2. The van der Waals surface area contributed by atoms with Crippen LogP contribution in [0.15, 0.2) is 72.1 Å². The van der Waals surface area contributed by atoms with E-state index in [2.05, 4.69) is 15.5 Å². The lowest BCUT2D eigenvalue weighted by Gasteiger charge is -2.15. The fraction of sp³-hybridized carbons (Fsp3) is 0.211. The van der Waals surface area contributed by atoms with Gasteiger partial charge in [-0.1, -0.05) is 67.2 Å². The molecule has 0 radical (unpaired) electrons. The van der Waals surface area contributed by atoms with Crippen LogP contribution in [0.25, 0.3) is 5.69 Å². The lowest BCUT2D eigenvalue weighted by molar-refractivity contribution is -0.120. The number of carbonyl (C=O) groups excluding carboxylic acids is 1. The Morgan fingerprint density at radius 2 is 1.80 bits per heavy atom. The molecule has 0 saturated heterocycles. The molecule has 1 heterocycles. The van der Waals surface area contributed by atoms with Crippen molar-refractivity contribution in [2.75, 3.05) is 0 Å². The molecule has 2 aromatic carbocycles. The Bertz CT molecular complexity index is 805. The van der Waals surface area contributed by atoms with Gasteiger partial charge in [0.15, 0.2) is 5.16 Å². The van der Waals surface area contributed by atoms with Crippen molar-refractivity contribution in [3.05, 3.63) is 72.6 Å². The molecular weight excluding hydrogens is 332 g/mol. The first-order valence-corrected chi connectivity index (χ1v) is 9.09. The molecule has 1 unspecified atom stereocenters. The van der Waals surface area contributed by atoms with Crippen molar-refractivity contribution < 1.29 is 4.79 Å². The van der Waals surface area contributed by atoms with Gasteiger partial charge in [0.25, 0.3) is 0 Å². The SMILES string of the molecule is CCC(Sc1nncn1-c1ccccc1)C(=O)NCc1ccccc1. The summed E-state index contributed by atoms with van der Waals surface area (Å²) in [6, 6.07) is 19.8. The normalized spacial score (nSPS) is 11.9. The highest BCUT2D eigenvalue weighted by atomic mass is 32.2. The standard InChI is InChI=1S/C19H20N4OS/c1-2-17(18(24)20-13-15-9-5-3-6-10-15)25-19-22-21-14-23(19)16-11-7-4-8-12-16/h3-12,14,17H,2,13H2,1H3,(H,20,24). The van der Waals surface area contributed by atoms with Crippen LogP contribution in [0.3, 0.4) is 0 Å². The van der Waals surface area contributed by atoms with Crippen LogP contribution in [0.1, 0.15) is 18.9 Å². The van der Waals surface area contributed by atoms with E-state index in [4.69, 9.17) is 0 Å². The van der Waals surface area contributed by atoms with Gasteiger partial charge in [-0.3, -0.25) is 9.36 Å². The molecule has 0 aliphatic carbocycles. The first-order valence-electron chi connectivity index (χ1n) is 8.21. The zero-order chi connectivity index (χ0) is 17.5. The molecule has 0 saturated carbocycles. The molecule has 0 aliphatic rings. The van der Waals surface area contributed by atoms with Crippen molar-refractivity contribution in [2.45, 2.75) is 30.3 Å². The Kier molecular flexibility index (Phi) is 5.85. The zero-order valence-corrected chi connectivity index (χ0v) is 14.8. The van der Waals surface area contributed by atoms with Gasteiger partial charge in [-0.15, -0.1) is 10.2 Å². The van der Waals surface area contributed by atoms with Crippen LogP contribution in [0.2, 0.25) is 0 Å². The van der Waals surface area contributed by atoms with Crippen LogP contribution in [0, 0.1) is 0 Å². The second-order valence-electron chi connectivity index (χ2n) is 5.54. The van der Waals surface area contributed by atoms with E-state index in [0.29, 0.717) is 18.1 Å². The number of aromatic nitrogens is 3. The van der Waals surface area contributed by atoms with Gasteiger partial charge in [0, 0.05) is 12.2 Å². The van der Waals surface area contributed by atoms with Gasteiger partial charge in [0.2, 0.25) is 5.91 Å². The summed E-state index contributed by atoms with van der Waals surface area (Å²) in [4.78, 5) is 12.5. The Morgan fingerprint density at radius 1 is 1.12 bits per heavy atom. The molecule has 0 fully saturated rings. The predicted molar refractivity (Wildman–Crippen MR) is 99.6 cm³/mol. The van der Waals surface area contributed by atoms with Gasteiger partial charge in [0.1, 0.15) is 6.33 Å². The number of hydrogen-bond acceptors (Lipinski definition) is 4. The second-order valence-corrected chi connectivity index (χ2v) is 6.71. The average molecular weight is 352 g/mol. The minimum atomic E-state index is -0.213. The molecule has 1 amide bonds. The van der Waals surface area contributed by atoms with Crippen LogP contribution < -0.4 is 5.32 Å². The van der Waals surface area contributed by atoms with Crippen molar-refractivity contribution in [1.29, 1.82) is 0 Å². The van der Waals surface area contributed by atoms with E-state index in [1.807, 2.05) is 72.2 Å². The summed E-state index contributed by atoms with van der Waals surface area (Å²) in [7, 11) is 0. The monoisotopic (exact) mass is 352 g/mol. The van der Waals surface area contributed by atoms with E-state index in [1.165, 1.54) is 11.8 Å². The maximum absolute atomic E-state index is 12.5. The van der Waals surface area contributed by atoms with Gasteiger partial charge in [0.05, 0.1) is 5.25 Å².